The van der Waals surface area contributed by atoms with Crippen LogP contribution in [0.25, 0.3) is 0 Å². The van der Waals surface area contributed by atoms with Gasteiger partial charge in [-0.05, 0) is 53.8 Å². The second-order valence-electron chi connectivity index (χ2n) is 11.7. The van der Waals surface area contributed by atoms with Crippen molar-refractivity contribution in [2.45, 2.75) is 39.3 Å². The normalized spacial score (nSPS) is 17.1. The lowest BCUT2D eigenvalue weighted by molar-refractivity contribution is -0.118. The first-order valence-electron chi connectivity index (χ1n) is 14.2. The van der Waals surface area contributed by atoms with Crippen LogP contribution < -0.4 is 15.0 Å². The van der Waals surface area contributed by atoms with Crippen molar-refractivity contribution in [2.24, 2.45) is 5.41 Å². The Morgan fingerprint density at radius 2 is 1.91 bits per heavy atom. The van der Waals surface area contributed by atoms with Crippen LogP contribution >= 0.6 is 0 Å². The van der Waals surface area contributed by atoms with Crippen LogP contribution in [0, 0.1) is 22.6 Å². The van der Waals surface area contributed by atoms with E-state index in [-0.39, 0.29) is 64.1 Å². The predicted molar refractivity (Wildman–Crippen MR) is 162 cm³/mol. The molecule has 1 aromatic heterocycles. The van der Waals surface area contributed by atoms with E-state index in [1.165, 1.54) is 41.4 Å². The lowest BCUT2D eigenvalue weighted by atomic mass is 9.73. The van der Waals surface area contributed by atoms with Gasteiger partial charge in [-0.3, -0.25) is 14.5 Å². The van der Waals surface area contributed by atoms with Gasteiger partial charge in [-0.25, -0.2) is 9.37 Å². The summed E-state index contributed by atoms with van der Waals surface area (Å²) < 4.78 is 22.1. The number of phenolic OH excluding ortho intramolecular Hbond substituents is 1. The van der Waals surface area contributed by atoms with E-state index in [2.05, 4.69) is 10.3 Å². The van der Waals surface area contributed by atoms with Gasteiger partial charge in [0.25, 0.3) is 5.91 Å². The fourth-order valence-electron chi connectivity index (χ4n) is 5.83. The highest BCUT2D eigenvalue weighted by atomic mass is 19.1. The van der Waals surface area contributed by atoms with E-state index in [4.69, 9.17) is 4.74 Å². The number of pyridine rings is 1. The van der Waals surface area contributed by atoms with Gasteiger partial charge in [-0.15, -0.1) is 0 Å². The Balaban J connectivity index is 1.52. The summed E-state index contributed by atoms with van der Waals surface area (Å²) >= 11 is 0. The maximum atomic E-state index is 16.3. The predicted octanol–water partition coefficient (Wildman–Crippen LogP) is 6.83. The van der Waals surface area contributed by atoms with Crippen LogP contribution in [0.15, 0.2) is 96.3 Å². The van der Waals surface area contributed by atoms with Crippen LogP contribution in [0.5, 0.6) is 11.5 Å². The molecule has 1 amide bonds. The first-order valence-corrected chi connectivity index (χ1v) is 14.2. The summed E-state index contributed by atoms with van der Waals surface area (Å²) in [4.78, 5) is 33.8. The number of rotatable bonds is 5. The molecule has 1 atom stereocenters. The summed E-state index contributed by atoms with van der Waals surface area (Å²) in [5.74, 6) is -1.39. The van der Waals surface area contributed by atoms with Gasteiger partial charge in [0.05, 0.1) is 17.3 Å². The third-order valence-electron chi connectivity index (χ3n) is 7.85. The molecule has 220 valence electrons. The topological polar surface area (TPSA) is 116 Å². The number of fused-ring (bicyclic) bond motifs is 1. The molecule has 3 aromatic carbocycles. The first-order chi connectivity index (χ1) is 21.1. The number of phenols is 1. The van der Waals surface area contributed by atoms with Gasteiger partial charge in [-0.1, -0.05) is 50.2 Å². The quantitative estimate of drug-likeness (QED) is 0.246. The molecule has 2 aliphatic rings. The Hall–Kier alpha value is -5.49. The van der Waals surface area contributed by atoms with Crippen LogP contribution in [0.4, 0.5) is 15.8 Å². The Morgan fingerprint density at radius 1 is 1.11 bits per heavy atom. The molecule has 9 heteroatoms. The number of ether oxygens (including phenoxy) is 1. The maximum Gasteiger partial charge on any atom is 0.277 e. The molecule has 0 bridgehead atoms. The smallest absolute Gasteiger partial charge is 0.277 e. The van der Waals surface area contributed by atoms with Crippen LogP contribution in [-0.2, 0) is 11.4 Å². The van der Waals surface area contributed by atoms with E-state index in [1.807, 2.05) is 50.2 Å². The van der Waals surface area contributed by atoms with Crippen LogP contribution in [0.1, 0.15) is 59.9 Å². The molecule has 1 aliphatic carbocycles. The number of ketones is 1. The molecule has 0 unspecified atom stereocenters. The molecular weight excluding hydrogens is 559 g/mol. The standard InChI is InChI=1S/C35H29FN4O4/c1-35(2)16-27-31(30(42)17-35)33(24-13-12-23(15-25(24)36)44-20-21-7-4-3-5-8-21)40(28-9-6-10-29(41)32(28)39-27)34(43)26-14-11-22(18-37)19-38-26/h3-15,19,33,39,41H,16-17,20H2,1-2H3/t33-/m0/s1. The number of nitrogens with one attached hydrogen (secondary N) is 1. The summed E-state index contributed by atoms with van der Waals surface area (Å²) in [6.07, 6.45) is 1.89. The number of Topliss-reactive ketones (excluding diaryl/α,β-unsaturated/α-hetero) is 1. The van der Waals surface area contributed by atoms with Crippen LogP contribution in [0.3, 0.4) is 0 Å². The van der Waals surface area contributed by atoms with Gasteiger partial charge < -0.3 is 15.2 Å². The third kappa shape index (κ3) is 5.38. The second-order valence-corrected chi connectivity index (χ2v) is 11.7. The minimum atomic E-state index is -1.20. The molecule has 1 aliphatic heterocycles. The fourth-order valence-corrected chi connectivity index (χ4v) is 5.83. The number of amides is 1. The molecule has 2 N–H and O–H groups in total. The molecule has 4 aromatic rings. The summed E-state index contributed by atoms with van der Waals surface area (Å²) in [5, 5.41) is 23.4. The summed E-state index contributed by atoms with van der Waals surface area (Å²) in [6.45, 7) is 4.16. The number of aromatic hydroxyl groups is 1. The number of carbonyl (C=O) groups is 2. The number of nitriles is 1. The minimum Gasteiger partial charge on any atom is -0.506 e. The van der Waals surface area contributed by atoms with Crippen molar-refractivity contribution >= 4 is 23.1 Å². The van der Waals surface area contributed by atoms with Gasteiger partial charge in [0, 0.05) is 35.5 Å². The van der Waals surface area contributed by atoms with Crippen molar-refractivity contribution in [1.82, 2.24) is 4.98 Å². The van der Waals surface area contributed by atoms with Gasteiger partial charge in [0.2, 0.25) is 0 Å². The Kier molecular flexibility index (Phi) is 7.35. The summed E-state index contributed by atoms with van der Waals surface area (Å²) in [5.41, 5.74) is 2.04. The molecule has 0 fully saturated rings. The summed E-state index contributed by atoms with van der Waals surface area (Å²) in [7, 11) is 0. The molecule has 0 radical (unpaired) electrons. The number of halogens is 1. The van der Waals surface area contributed by atoms with E-state index in [0.29, 0.717) is 12.1 Å². The van der Waals surface area contributed by atoms with Crippen molar-refractivity contribution in [3.63, 3.8) is 0 Å². The number of anilines is 2. The number of allylic oxidation sites excluding steroid dienone is 1. The highest BCUT2D eigenvalue weighted by Gasteiger charge is 2.45. The number of hydrogen-bond donors (Lipinski definition) is 2. The number of nitrogens with zero attached hydrogens (tertiary/aromatic N) is 3. The van der Waals surface area contributed by atoms with Crippen molar-refractivity contribution in [2.75, 3.05) is 10.2 Å². The zero-order valence-electron chi connectivity index (χ0n) is 24.2. The van der Waals surface area contributed by atoms with E-state index in [9.17, 15) is 20.0 Å². The lowest BCUT2D eigenvalue weighted by Crippen LogP contribution is -2.40. The van der Waals surface area contributed by atoms with E-state index in [1.54, 1.807) is 18.2 Å². The summed E-state index contributed by atoms with van der Waals surface area (Å²) in [6, 6.07) is 22.2. The number of carbonyl (C=O) groups excluding carboxylic acids is 2. The molecular formula is C35H29FN4O4. The average molecular weight is 589 g/mol. The second kappa shape index (κ2) is 11.3. The lowest BCUT2D eigenvalue weighted by Gasteiger charge is -2.37. The molecule has 8 nitrogen and oxygen atoms in total. The molecule has 0 spiro atoms. The Labute approximate surface area is 254 Å². The molecule has 2 heterocycles. The van der Waals surface area contributed by atoms with E-state index < -0.39 is 23.2 Å². The fraction of sp³-hybridized carbons (Fsp3) is 0.200. The number of para-hydroxylation sites is 1. The zero-order valence-corrected chi connectivity index (χ0v) is 24.2. The number of benzene rings is 3. The SMILES string of the molecule is CC1(C)CC(=O)C2=C(C1)Nc1c(O)cccc1N(C(=O)c1ccc(C#N)cn1)[C@H]2c1ccc(OCc2ccccc2)cc1F. The highest BCUT2D eigenvalue weighted by Crippen LogP contribution is 2.51. The Morgan fingerprint density at radius 3 is 2.61 bits per heavy atom. The molecule has 44 heavy (non-hydrogen) atoms. The van der Waals surface area contributed by atoms with Gasteiger partial charge in [0.15, 0.2) is 5.78 Å². The maximum absolute atomic E-state index is 16.3. The van der Waals surface area contributed by atoms with E-state index in [0.717, 1.165) is 5.56 Å². The number of hydrogen-bond acceptors (Lipinski definition) is 7. The average Bonchev–Trinajstić information content (AvgIpc) is 3.15. The van der Waals surface area contributed by atoms with E-state index >= 15 is 4.39 Å². The highest BCUT2D eigenvalue weighted by molar-refractivity contribution is 6.11. The number of aromatic nitrogens is 1. The largest absolute Gasteiger partial charge is 0.506 e. The van der Waals surface area contributed by atoms with Crippen LogP contribution in [0.2, 0.25) is 0 Å². The molecule has 0 saturated heterocycles. The third-order valence-corrected chi connectivity index (χ3v) is 7.85. The van der Waals surface area contributed by atoms with Crippen molar-refractivity contribution in [3.8, 4) is 17.6 Å². The Bertz CT molecular complexity index is 1850. The molecule has 0 saturated carbocycles. The van der Waals surface area contributed by atoms with Crippen molar-refractivity contribution in [1.29, 1.82) is 5.26 Å². The molecule has 6 rings (SSSR count). The van der Waals surface area contributed by atoms with Crippen molar-refractivity contribution < 1.29 is 23.8 Å². The first kappa shape index (κ1) is 28.6. The van der Waals surface area contributed by atoms with Gasteiger partial charge in [0.1, 0.15) is 41.4 Å². The zero-order chi connectivity index (χ0) is 31.0. The monoisotopic (exact) mass is 588 g/mol. The van der Waals surface area contributed by atoms with Crippen LogP contribution in [-0.4, -0.2) is 21.8 Å². The van der Waals surface area contributed by atoms with Gasteiger partial charge >= 0.3 is 0 Å². The minimum absolute atomic E-state index is 0.0147. The van der Waals surface area contributed by atoms with Crippen molar-refractivity contribution in [3.05, 3.63) is 125 Å². The van der Waals surface area contributed by atoms with Gasteiger partial charge in [-0.2, -0.15) is 5.26 Å².